The fourth-order valence-corrected chi connectivity index (χ4v) is 0.144. The Labute approximate surface area is 57.3 Å². The number of halogens is 4. The van der Waals surface area contributed by atoms with Crippen LogP contribution in [0.4, 0.5) is 13.2 Å². The lowest BCUT2D eigenvalue weighted by Crippen LogP contribution is -2.34. The summed E-state index contributed by atoms with van der Waals surface area (Å²) in [7, 11) is 0. The number of rotatable bonds is 3. The third-order valence-electron chi connectivity index (χ3n) is 0.591. The van der Waals surface area contributed by atoms with Crippen LogP contribution in [0.1, 0.15) is 0 Å². The van der Waals surface area contributed by atoms with Crippen molar-refractivity contribution in [3.63, 3.8) is 0 Å². The van der Waals surface area contributed by atoms with Gasteiger partial charge in [-0.25, -0.2) is 0 Å². The Hall–Kier alpha value is -0.720. The van der Waals surface area contributed by atoms with Crippen molar-refractivity contribution in [3.05, 3.63) is 9.81 Å². The monoisotopic (exact) mass is 176 g/mol. The molecule has 1 atom stereocenters. The summed E-state index contributed by atoms with van der Waals surface area (Å²) in [5, 5.41) is -2.14. The average molecular weight is 176 g/mol. The second-order valence-corrected chi connectivity index (χ2v) is 1.77. The molecule has 0 aromatic heterocycles. The molecule has 0 amide bonds. The van der Waals surface area contributed by atoms with Crippen LogP contribution in [0.25, 0.3) is 0 Å². The van der Waals surface area contributed by atoms with E-state index in [1.54, 1.807) is 0 Å². The Bertz CT molecular complexity index is 143. The van der Waals surface area contributed by atoms with Gasteiger partial charge in [-0.15, -0.1) is 9.81 Å². The normalized spacial score (nSPS) is 17.6. The molecule has 0 aliphatic carbocycles. The van der Waals surface area contributed by atoms with E-state index in [1.807, 2.05) is 0 Å². The summed E-state index contributed by atoms with van der Waals surface area (Å²) in [5.74, 6) is 0. The zero-order valence-corrected chi connectivity index (χ0v) is 4.98. The van der Waals surface area contributed by atoms with E-state index >= 15 is 0 Å². The Balaban J connectivity index is 4.59. The molecule has 0 aliphatic heterocycles. The lowest BCUT2D eigenvalue weighted by Gasteiger charge is -2.12. The van der Waals surface area contributed by atoms with Gasteiger partial charge in [0, 0.05) is 5.18 Å². The molecule has 0 rings (SSSR count). The molecule has 8 heteroatoms. The van der Waals surface area contributed by atoms with Crippen LogP contribution in [0.15, 0.2) is 10.4 Å². The van der Waals surface area contributed by atoms with Crippen LogP contribution >= 0.6 is 11.6 Å². The summed E-state index contributed by atoms with van der Waals surface area (Å²) in [4.78, 5) is 18.3. The maximum absolute atomic E-state index is 11.8. The highest BCUT2D eigenvalue weighted by molar-refractivity contribution is 6.23. The molecule has 0 bridgehead atoms. The molecule has 0 aromatic rings. The van der Waals surface area contributed by atoms with Crippen LogP contribution in [-0.2, 0) is 0 Å². The van der Waals surface area contributed by atoms with Crippen molar-refractivity contribution in [1.82, 2.24) is 0 Å². The summed E-state index contributed by atoms with van der Waals surface area (Å²) < 4.78 is 35.1. The van der Waals surface area contributed by atoms with Crippen molar-refractivity contribution in [2.24, 2.45) is 10.4 Å². The first kappa shape index (κ1) is 9.28. The number of nitrogens with zero attached hydrogens (tertiary/aromatic N) is 2. The average Bonchev–Trinajstić information content (AvgIpc) is 1.88. The van der Waals surface area contributed by atoms with Crippen molar-refractivity contribution < 1.29 is 13.2 Å². The van der Waals surface area contributed by atoms with E-state index in [0.717, 1.165) is 5.18 Å². The zero-order chi connectivity index (χ0) is 8.41. The molecule has 0 saturated carbocycles. The molecular weight excluding hydrogens is 176 g/mol. The number of nitroso groups, excluding NO2 is 2. The van der Waals surface area contributed by atoms with Gasteiger partial charge in [-0.2, -0.15) is 13.2 Å². The molecule has 0 aromatic carbocycles. The molecule has 0 aliphatic rings. The molecule has 1 unspecified atom stereocenters. The minimum Gasteiger partial charge on any atom is -0.186 e. The number of alkyl halides is 4. The summed E-state index contributed by atoms with van der Waals surface area (Å²) in [6.45, 7) is 0. The molecule has 0 saturated heterocycles. The highest BCUT2D eigenvalue weighted by Gasteiger charge is 2.58. The van der Waals surface area contributed by atoms with Gasteiger partial charge in [0.1, 0.15) is 0 Å². The Morgan fingerprint density at radius 2 is 1.50 bits per heavy atom. The van der Waals surface area contributed by atoms with E-state index in [0.29, 0.717) is 0 Å². The van der Waals surface area contributed by atoms with Gasteiger partial charge >= 0.3 is 11.3 Å². The molecular formula is C2ClF3N2O2. The van der Waals surface area contributed by atoms with E-state index in [9.17, 15) is 18.1 Å². The van der Waals surface area contributed by atoms with Crippen molar-refractivity contribution in [2.45, 2.75) is 11.3 Å². The fraction of sp³-hybridized carbons (Fsp3) is 1.00. The van der Waals surface area contributed by atoms with Gasteiger partial charge in [0.15, 0.2) is 0 Å². The van der Waals surface area contributed by atoms with Crippen molar-refractivity contribution in [2.75, 3.05) is 0 Å². The van der Waals surface area contributed by atoms with Gasteiger partial charge in [0.2, 0.25) is 0 Å². The van der Waals surface area contributed by atoms with E-state index in [-0.39, 0.29) is 0 Å². The van der Waals surface area contributed by atoms with E-state index in [2.05, 4.69) is 11.6 Å². The van der Waals surface area contributed by atoms with Gasteiger partial charge in [0.05, 0.1) is 0 Å². The van der Waals surface area contributed by atoms with Gasteiger partial charge in [-0.05, 0) is 16.8 Å². The van der Waals surface area contributed by atoms with Crippen LogP contribution in [0.3, 0.4) is 0 Å². The predicted molar refractivity (Wildman–Crippen MR) is 26.2 cm³/mol. The van der Waals surface area contributed by atoms with Crippen LogP contribution in [0.2, 0.25) is 0 Å². The smallest absolute Gasteiger partial charge is 0.186 e. The summed E-state index contributed by atoms with van der Waals surface area (Å²) in [5.41, 5.74) is 0. The highest BCUT2D eigenvalue weighted by Crippen LogP contribution is 2.37. The number of hydrogen-bond acceptors (Lipinski definition) is 4. The molecule has 0 fully saturated rings. The maximum Gasteiger partial charge on any atom is 0.448 e. The first-order valence-electron chi connectivity index (χ1n) is 1.82. The quantitative estimate of drug-likeness (QED) is 0.375. The first-order valence-corrected chi connectivity index (χ1v) is 2.20. The van der Waals surface area contributed by atoms with Crippen LogP contribution < -0.4 is 0 Å². The Kier molecular flexibility index (Phi) is 2.31. The summed E-state index contributed by atoms with van der Waals surface area (Å²) >= 11 is 4.12. The van der Waals surface area contributed by atoms with E-state index < -0.39 is 11.3 Å². The third kappa shape index (κ3) is 1.41. The molecule has 0 radical (unpaired) electrons. The summed E-state index contributed by atoms with van der Waals surface area (Å²) in [6, 6.07) is -4.82. The maximum atomic E-state index is 11.8. The first-order chi connectivity index (χ1) is 4.37. The zero-order valence-electron chi connectivity index (χ0n) is 4.22. The molecule has 0 heterocycles. The van der Waals surface area contributed by atoms with E-state index in [1.165, 1.54) is 5.18 Å². The van der Waals surface area contributed by atoms with E-state index in [4.69, 9.17) is 4.91 Å². The SMILES string of the molecule is O=NC(F)(F)C(F)(Cl)N=O. The lowest BCUT2D eigenvalue weighted by atomic mass is 10.5. The minimum absolute atomic E-state index is 0.979. The van der Waals surface area contributed by atoms with Gasteiger partial charge in [-0.3, -0.25) is 0 Å². The molecule has 0 N–H and O–H groups in total. The number of hydrogen-bond donors (Lipinski definition) is 0. The topological polar surface area (TPSA) is 58.9 Å². The molecule has 58 valence electrons. The highest BCUT2D eigenvalue weighted by atomic mass is 35.5. The van der Waals surface area contributed by atoms with Crippen LogP contribution in [-0.4, -0.2) is 11.3 Å². The predicted octanol–water partition coefficient (Wildman–Crippen LogP) is 1.97. The van der Waals surface area contributed by atoms with Crippen molar-refractivity contribution >= 4 is 11.6 Å². The Morgan fingerprint density at radius 1 is 1.10 bits per heavy atom. The fourth-order valence-electron chi connectivity index (χ4n) is 0.110. The second-order valence-electron chi connectivity index (χ2n) is 1.27. The van der Waals surface area contributed by atoms with Gasteiger partial charge < -0.3 is 0 Å². The van der Waals surface area contributed by atoms with Gasteiger partial charge in [-0.1, -0.05) is 0 Å². The summed E-state index contributed by atoms with van der Waals surface area (Å²) in [6.07, 6.45) is 0. The lowest BCUT2D eigenvalue weighted by molar-refractivity contribution is -0.0848. The largest absolute Gasteiger partial charge is 0.448 e. The minimum atomic E-state index is -4.82. The third-order valence-corrected chi connectivity index (χ3v) is 0.888. The van der Waals surface area contributed by atoms with Gasteiger partial charge in [0.25, 0.3) is 0 Å². The van der Waals surface area contributed by atoms with Crippen LogP contribution in [0, 0.1) is 9.81 Å². The van der Waals surface area contributed by atoms with Crippen LogP contribution in [0.5, 0.6) is 0 Å². The molecule has 10 heavy (non-hydrogen) atoms. The van der Waals surface area contributed by atoms with Crippen molar-refractivity contribution in [3.8, 4) is 0 Å². The van der Waals surface area contributed by atoms with Crippen molar-refractivity contribution in [1.29, 1.82) is 0 Å². The Morgan fingerprint density at radius 3 is 1.60 bits per heavy atom. The molecule has 4 nitrogen and oxygen atoms in total. The molecule has 0 spiro atoms. The standard InChI is InChI=1S/C2ClF3N2O2/c3-1(4,7-9)2(5,6)8-10. The second kappa shape index (κ2) is 2.49.